The highest BCUT2D eigenvalue weighted by Gasteiger charge is 2.21. The monoisotopic (exact) mass is 460 g/mol. The number of halogens is 3. The zero-order valence-electron chi connectivity index (χ0n) is 17.6. The normalized spacial score (nSPS) is 10.6. The minimum atomic E-state index is -1.13. The molecule has 0 saturated heterocycles. The standard InChI is InChI=1S/C22H19F3N4O4/c1-12-21(13(2)29(28-12)16-6-3-14(23)4-7-16)22(32)33-11-20(31)26-10-19(30)27-15-5-8-17(24)18(25)9-15/h3-9H,10-11H2,1-2H3,(H,26,31)(H,27,30). The summed E-state index contributed by atoms with van der Waals surface area (Å²) in [6.07, 6.45) is 0. The number of amides is 2. The van der Waals surface area contributed by atoms with Crippen LogP contribution in [-0.2, 0) is 14.3 Å². The quantitative estimate of drug-likeness (QED) is 0.528. The molecule has 0 spiro atoms. The summed E-state index contributed by atoms with van der Waals surface area (Å²) in [6, 6.07) is 8.34. The topological polar surface area (TPSA) is 102 Å². The van der Waals surface area contributed by atoms with Crippen LogP contribution < -0.4 is 10.6 Å². The van der Waals surface area contributed by atoms with Crippen LogP contribution in [0.3, 0.4) is 0 Å². The summed E-state index contributed by atoms with van der Waals surface area (Å²) in [6.45, 7) is 2.09. The Labute approximate surface area is 186 Å². The Kier molecular flexibility index (Phi) is 7.11. The van der Waals surface area contributed by atoms with E-state index in [1.807, 2.05) is 0 Å². The first kappa shape index (κ1) is 23.5. The molecule has 2 N–H and O–H groups in total. The molecule has 0 bridgehead atoms. The number of carbonyl (C=O) groups excluding carboxylic acids is 3. The fourth-order valence-corrected chi connectivity index (χ4v) is 2.98. The van der Waals surface area contributed by atoms with Gasteiger partial charge < -0.3 is 15.4 Å². The van der Waals surface area contributed by atoms with E-state index in [0.717, 1.165) is 18.2 Å². The summed E-state index contributed by atoms with van der Waals surface area (Å²) in [7, 11) is 0. The average Bonchev–Trinajstić information content (AvgIpc) is 3.07. The van der Waals surface area contributed by atoms with E-state index in [-0.39, 0.29) is 11.3 Å². The van der Waals surface area contributed by atoms with Crippen LogP contribution in [0.4, 0.5) is 18.9 Å². The maximum Gasteiger partial charge on any atom is 0.342 e. The third-order valence-corrected chi connectivity index (χ3v) is 4.55. The number of ether oxygens (including phenoxy) is 1. The summed E-state index contributed by atoms with van der Waals surface area (Å²) in [4.78, 5) is 36.2. The van der Waals surface area contributed by atoms with Gasteiger partial charge in [0.2, 0.25) is 5.91 Å². The molecular weight excluding hydrogens is 441 g/mol. The molecule has 172 valence electrons. The smallest absolute Gasteiger partial charge is 0.342 e. The second-order valence-corrected chi connectivity index (χ2v) is 6.96. The van der Waals surface area contributed by atoms with Gasteiger partial charge in [-0.3, -0.25) is 9.59 Å². The Morgan fingerprint density at radius 3 is 2.33 bits per heavy atom. The Morgan fingerprint density at radius 1 is 0.970 bits per heavy atom. The van der Waals surface area contributed by atoms with Crippen molar-refractivity contribution < 1.29 is 32.3 Å². The van der Waals surface area contributed by atoms with Gasteiger partial charge in [-0.05, 0) is 50.2 Å². The number of carbonyl (C=O) groups is 3. The number of esters is 1. The fourth-order valence-electron chi connectivity index (χ4n) is 2.98. The molecule has 8 nitrogen and oxygen atoms in total. The van der Waals surface area contributed by atoms with Gasteiger partial charge in [-0.25, -0.2) is 22.6 Å². The molecule has 33 heavy (non-hydrogen) atoms. The molecule has 0 unspecified atom stereocenters. The van der Waals surface area contributed by atoms with Gasteiger partial charge in [0.05, 0.1) is 23.6 Å². The summed E-state index contributed by atoms with van der Waals surface area (Å²) in [5, 5.41) is 8.80. The van der Waals surface area contributed by atoms with E-state index in [1.165, 1.54) is 28.9 Å². The average molecular weight is 460 g/mol. The van der Waals surface area contributed by atoms with Crippen LogP contribution in [0.1, 0.15) is 21.7 Å². The van der Waals surface area contributed by atoms with Crippen molar-refractivity contribution in [2.45, 2.75) is 13.8 Å². The second-order valence-electron chi connectivity index (χ2n) is 6.96. The summed E-state index contributed by atoms with van der Waals surface area (Å²) in [5.74, 6) is -4.82. The van der Waals surface area contributed by atoms with Crippen molar-refractivity contribution in [3.05, 3.63) is 76.9 Å². The van der Waals surface area contributed by atoms with E-state index in [4.69, 9.17) is 4.74 Å². The van der Waals surface area contributed by atoms with Gasteiger partial charge in [0.1, 0.15) is 11.4 Å². The number of hydrogen-bond donors (Lipinski definition) is 2. The molecule has 1 aromatic heterocycles. The van der Waals surface area contributed by atoms with E-state index in [9.17, 15) is 27.6 Å². The third-order valence-electron chi connectivity index (χ3n) is 4.55. The van der Waals surface area contributed by atoms with E-state index < -0.39 is 48.4 Å². The molecule has 0 aliphatic heterocycles. The summed E-state index contributed by atoms with van der Waals surface area (Å²) >= 11 is 0. The van der Waals surface area contributed by atoms with E-state index in [1.54, 1.807) is 13.8 Å². The largest absolute Gasteiger partial charge is 0.452 e. The molecule has 3 rings (SSSR count). The Morgan fingerprint density at radius 2 is 1.67 bits per heavy atom. The minimum absolute atomic E-state index is 0.0173. The maximum absolute atomic E-state index is 13.2. The Bertz CT molecular complexity index is 1210. The van der Waals surface area contributed by atoms with E-state index >= 15 is 0 Å². The van der Waals surface area contributed by atoms with Crippen LogP contribution in [0, 0.1) is 31.3 Å². The maximum atomic E-state index is 13.2. The summed E-state index contributed by atoms with van der Waals surface area (Å²) < 4.78 is 45.7. The van der Waals surface area contributed by atoms with Crippen LogP contribution in [0.15, 0.2) is 42.5 Å². The summed E-state index contributed by atoms with van der Waals surface area (Å²) in [5.41, 5.74) is 1.51. The van der Waals surface area contributed by atoms with Crippen molar-refractivity contribution in [1.82, 2.24) is 15.1 Å². The lowest BCUT2D eigenvalue weighted by Crippen LogP contribution is -2.35. The molecule has 2 aromatic carbocycles. The van der Waals surface area contributed by atoms with Gasteiger partial charge in [-0.15, -0.1) is 0 Å². The minimum Gasteiger partial charge on any atom is -0.452 e. The molecule has 2 amide bonds. The number of rotatable bonds is 7. The zero-order valence-corrected chi connectivity index (χ0v) is 17.6. The first-order valence-corrected chi connectivity index (χ1v) is 9.66. The first-order valence-electron chi connectivity index (χ1n) is 9.66. The number of aryl methyl sites for hydroxylation is 1. The van der Waals surface area contributed by atoms with Gasteiger partial charge in [-0.1, -0.05) is 0 Å². The van der Waals surface area contributed by atoms with Gasteiger partial charge >= 0.3 is 5.97 Å². The lowest BCUT2D eigenvalue weighted by molar-refractivity contribution is -0.126. The highest BCUT2D eigenvalue weighted by molar-refractivity contribution is 5.96. The van der Waals surface area contributed by atoms with Gasteiger partial charge in [-0.2, -0.15) is 5.10 Å². The molecule has 3 aromatic rings. The van der Waals surface area contributed by atoms with Crippen LogP contribution in [0.2, 0.25) is 0 Å². The van der Waals surface area contributed by atoms with Crippen molar-refractivity contribution in [3.63, 3.8) is 0 Å². The van der Waals surface area contributed by atoms with Crippen LogP contribution in [0.5, 0.6) is 0 Å². The molecule has 0 aliphatic carbocycles. The number of benzene rings is 2. The van der Waals surface area contributed by atoms with Crippen molar-refractivity contribution in [2.24, 2.45) is 0 Å². The molecule has 0 aliphatic rings. The number of aromatic nitrogens is 2. The molecule has 1 heterocycles. The number of nitrogens with one attached hydrogen (secondary N) is 2. The van der Waals surface area contributed by atoms with Gasteiger partial charge in [0.15, 0.2) is 18.2 Å². The lowest BCUT2D eigenvalue weighted by atomic mass is 10.2. The van der Waals surface area contributed by atoms with Crippen molar-refractivity contribution >= 4 is 23.5 Å². The van der Waals surface area contributed by atoms with Crippen LogP contribution in [-0.4, -0.2) is 40.7 Å². The van der Waals surface area contributed by atoms with Crippen molar-refractivity contribution in [2.75, 3.05) is 18.5 Å². The highest BCUT2D eigenvalue weighted by atomic mass is 19.2. The molecule has 0 radical (unpaired) electrons. The molecule has 0 fully saturated rings. The van der Waals surface area contributed by atoms with E-state index in [0.29, 0.717) is 17.1 Å². The lowest BCUT2D eigenvalue weighted by Gasteiger charge is -2.08. The Balaban J connectivity index is 1.53. The molecular formula is C22H19F3N4O4. The SMILES string of the molecule is Cc1nn(-c2ccc(F)cc2)c(C)c1C(=O)OCC(=O)NCC(=O)Nc1ccc(F)c(F)c1. The first-order chi connectivity index (χ1) is 15.7. The molecule has 0 atom stereocenters. The third kappa shape index (κ3) is 5.76. The predicted molar refractivity (Wildman–Crippen MR) is 111 cm³/mol. The highest BCUT2D eigenvalue weighted by Crippen LogP contribution is 2.19. The number of anilines is 1. The Hall–Kier alpha value is -4.15. The van der Waals surface area contributed by atoms with Crippen LogP contribution in [0.25, 0.3) is 5.69 Å². The molecule has 0 saturated carbocycles. The van der Waals surface area contributed by atoms with Gasteiger partial charge in [0, 0.05) is 11.8 Å². The van der Waals surface area contributed by atoms with Crippen molar-refractivity contribution in [1.29, 1.82) is 0 Å². The van der Waals surface area contributed by atoms with Gasteiger partial charge in [0.25, 0.3) is 5.91 Å². The fraction of sp³-hybridized carbons (Fsp3) is 0.182. The second kappa shape index (κ2) is 9.98. The van der Waals surface area contributed by atoms with Crippen molar-refractivity contribution in [3.8, 4) is 5.69 Å². The molecule has 11 heteroatoms. The zero-order chi connectivity index (χ0) is 24.1. The predicted octanol–water partition coefficient (Wildman–Crippen LogP) is 2.82. The van der Waals surface area contributed by atoms with E-state index in [2.05, 4.69) is 15.7 Å². The number of hydrogen-bond acceptors (Lipinski definition) is 5. The number of nitrogens with zero attached hydrogens (tertiary/aromatic N) is 2. The van der Waals surface area contributed by atoms with Crippen LogP contribution >= 0.6 is 0 Å².